The maximum absolute atomic E-state index is 12.8. The third-order valence-electron chi connectivity index (χ3n) is 9.30. The van der Waals surface area contributed by atoms with Gasteiger partial charge in [0.2, 0.25) is 5.91 Å². The Morgan fingerprint density at radius 3 is 2.71 bits per heavy atom. The number of nitrogens with zero attached hydrogens (tertiary/aromatic N) is 4. The highest BCUT2D eigenvalue weighted by Gasteiger charge is 2.42. The molecule has 5 aromatic rings. The Hall–Kier alpha value is -4.59. The molecule has 3 aliphatic rings. The molecule has 2 fully saturated rings. The zero-order chi connectivity index (χ0) is 28.0. The topological polar surface area (TPSA) is 112 Å². The number of H-pyrrole nitrogens is 2. The summed E-state index contributed by atoms with van der Waals surface area (Å²) in [5.41, 5.74) is 6.73. The molecule has 3 N–H and O–H groups in total. The first-order valence-electron chi connectivity index (χ1n) is 15.1. The van der Waals surface area contributed by atoms with Crippen molar-refractivity contribution in [3.8, 4) is 22.6 Å². The molecule has 8 rings (SSSR count). The minimum Gasteiger partial charge on any atom is -0.353 e. The van der Waals surface area contributed by atoms with E-state index in [4.69, 9.17) is 5.10 Å². The maximum atomic E-state index is 12.8. The normalized spacial score (nSPS) is 21.5. The molecule has 8 nitrogen and oxygen atoms in total. The van der Waals surface area contributed by atoms with Crippen molar-refractivity contribution in [1.82, 2.24) is 30.1 Å². The van der Waals surface area contributed by atoms with Crippen molar-refractivity contribution in [1.29, 1.82) is 0 Å². The Kier molecular flexibility index (Phi) is 6.20. The van der Waals surface area contributed by atoms with E-state index < -0.39 is 0 Å². The highest BCUT2D eigenvalue weighted by Crippen LogP contribution is 2.51. The van der Waals surface area contributed by atoms with Gasteiger partial charge in [-0.3, -0.25) is 24.8 Å². The molecule has 8 heteroatoms. The van der Waals surface area contributed by atoms with Crippen LogP contribution in [0.1, 0.15) is 56.4 Å². The number of pyridine rings is 3. The van der Waals surface area contributed by atoms with E-state index in [2.05, 4.69) is 54.6 Å². The fraction of sp³-hybridized carbons (Fsp3) is 0.324. The molecule has 0 spiro atoms. The highest BCUT2D eigenvalue weighted by atomic mass is 16.1. The number of hydrogen-bond acceptors (Lipinski definition) is 5. The molecule has 2 saturated carbocycles. The van der Waals surface area contributed by atoms with Crippen molar-refractivity contribution in [2.24, 2.45) is 17.8 Å². The standard InChI is InChI=1S/C34H33N7O/c42-32(12-20-4-2-1-3-5-20)38-24-13-23(18-36-19-24)26-16-27-30(15-22-14-25(22)26)40-41-34(27)31-17-28-29(39-31)8-11-37-33(28)21-6-9-35-10-7-21/h6-11,13,15-20,22,25-26,39-40H,1-5,12,14H2,(H,38,42). The maximum Gasteiger partial charge on any atom is 0.224 e. The average Bonchev–Trinajstić information content (AvgIpc) is 3.50. The lowest BCUT2D eigenvalue weighted by Gasteiger charge is -2.21. The molecule has 5 aromatic heterocycles. The Morgan fingerprint density at radius 1 is 0.952 bits per heavy atom. The van der Waals surface area contributed by atoms with Crippen molar-refractivity contribution in [3.63, 3.8) is 0 Å². The number of carbonyl (C=O) groups excluding carboxylic acids is 1. The molecule has 3 unspecified atom stereocenters. The summed E-state index contributed by atoms with van der Waals surface area (Å²) in [5.74, 6) is 1.80. The summed E-state index contributed by atoms with van der Waals surface area (Å²) >= 11 is 0. The summed E-state index contributed by atoms with van der Waals surface area (Å²) < 4.78 is 0. The number of rotatable bonds is 6. The van der Waals surface area contributed by atoms with E-state index >= 15 is 0 Å². The predicted molar refractivity (Wildman–Crippen MR) is 163 cm³/mol. The van der Waals surface area contributed by atoms with Gasteiger partial charge in [-0.15, -0.1) is 0 Å². The molecule has 0 aliphatic heterocycles. The Labute approximate surface area is 243 Å². The highest BCUT2D eigenvalue weighted by molar-refractivity contribution is 5.96. The van der Waals surface area contributed by atoms with Crippen LogP contribution in [0.3, 0.4) is 0 Å². The first-order valence-corrected chi connectivity index (χ1v) is 15.1. The second-order valence-corrected chi connectivity index (χ2v) is 12.1. The predicted octanol–water partition coefficient (Wildman–Crippen LogP) is 5.31. The minimum atomic E-state index is 0.0992. The van der Waals surface area contributed by atoms with Crippen LogP contribution in [0.25, 0.3) is 45.7 Å². The summed E-state index contributed by atoms with van der Waals surface area (Å²) in [6, 6.07) is 10.2. The van der Waals surface area contributed by atoms with Crippen LogP contribution < -0.4 is 15.9 Å². The number of nitrogens with one attached hydrogen (secondary N) is 3. The second kappa shape index (κ2) is 10.4. The Bertz CT molecular complexity index is 1900. The lowest BCUT2D eigenvalue weighted by molar-refractivity contribution is -0.117. The van der Waals surface area contributed by atoms with Crippen molar-refractivity contribution >= 4 is 34.6 Å². The Balaban J connectivity index is 1.13. The molecule has 210 valence electrons. The van der Waals surface area contributed by atoms with Crippen LogP contribution in [0.2, 0.25) is 0 Å². The van der Waals surface area contributed by atoms with Crippen molar-refractivity contribution in [3.05, 3.63) is 77.4 Å². The molecular formula is C34H33N7O. The number of fused-ring (bicyclic) bond motifs is 3. The summed E-state index contributed by atoms with van der Waals surface area (Å²) in [5, 5.41) is 14.4. The molecule has 0 aromatic carbocycles. The van der Waals surface area contributed by atoms with Crippen molar-refractivity contribution < 1.29 is 4.79 Å². The molecular weight excluding hydrogens is 522 g/mol. The van der Waals surface area contributed by atoms with Gasteiger partial charge in [0, 0.05) is 58.8 Å². The molecule has 0 saturated heterocycles. The van der Waals surface area contributed by atoms with Gasteiger partial charge in [-0.25, -0.2) is 0 Å². The Morgan fingerprint density at radius 2 is 1.83 bits per heavy atom. The zero-order valence-electron chi connectivity index (χ0n) is 23.4. The average molecular weight is 556 g/mol. The van der Waals surface area contributed by atoms with Crippen LogP contribution >= 0.6 is 0 Å². The van der Waals surface area contributed by atoms with Crippen LogP contribution in [0, 0.1) is 17.8 Å². The lowest BCUT2D eigenvalue weighted by atomic mass is 9.87. The number of anilines is 1. The molecule has 0 radical (unpaired) electrons. The van der Waals surface area contributed by atoms with Crippen LogP contribution in [0.15, 0.2) is 61.3 Å². The van der Waals surface area contributed by atoms with Crippen LogP contribution in [-0.2, 0) is 4.79 Å². The van der Waals surface area contributed by atoms with Gasteiger partial charge in [-0.2, -0.15) is 5.10 Å². The van der Waals surface area contributed by atoms with E-state index in [-0.39, 0.29) is 11.8 Å². The number of aromatic nitrogens is 6. The van der Waals surface area contributed by atoms with Gasteiger partial charge >= 0.3 is 0 Å². The van der Waals surface area contributed by atoms with E-state index in [0.717, 1.165) is 74.6 Å². The lowest BCUT2D eigenvalue weighted by Crippen LogP contribution is -2.24. The summed E-state index contributed by atoms with van der Waals surface area (Å²) in [6.07, 6.45) is 21.7. The van der Waals surface area contributed by atoms with E-state index in [1.807, 2.05) is 30.6 Å². The number of carbonyl (C=O) groups is 1. The molecule has 1 amide bonds. The first kappa shape index (κ1) is 25.1. The fourth-order valence-corrected chi connectivity index (χ4v) is 7.06. The smallest absolute Gasteiger partial charge is 0.224 e. The van der Waals surface area contributed by atoms with Crippen LogP contribution in [-0.4, -0.2) is 36.0 Å². The number of hydrogen-bond donors (Lipinski definition) is 3. The molecule has 5 heterocycles. The molecule has 3 atom stereocenters. The van der Waals surface area contributed by atoms with Crippen molar-refractivity contribution in [2.75, 3.05) is 5.32 Å². The van der Waals surface area contributed by atoms with E-state index in [9.17, 15) is 4.79 Å². The van der Waals surface area contributed by atoms with Gasteiger partial charge in [0.25, 0.3) is 0 Å². The zero-order valence-corrected chi connectivity index (χ0v) is 23.4. The van der Waals surface area contributed by atoms with Gasteiger partial charge in [-0.05, 0) is 72.9 Å². The monoisotopic (exact) mass is 555 g/mol. The number of aromatic amines is 2. The van der Waals surface area contributed by atoms with Gasteiger partial charge in [0.15, 0.2) is 0 Å². The fourth-order valence-electron chi connectivity index (χ4n) is 7.06. The minimum absolute atomic E-state index is 0.0992. The van der Waals surface area contributed by atoms with Gasteiger partial charge in [-0.1, -0.05) is 31.4 Å². The van der Waals surface area contributed by atoms with Gasteiger partial charge in [0.1, 0.15) is 5.69 Å². The summed E-state index contributed by atoms with van der Waals surface area (Å²) in [7, 11) is 0. The summed E-state index contributed by atoms with van der Waals surface area (Å²) in [4.78, 5) is 29.8. The molecule has 0 bridgehead atoms. The molecule has 3 aliphatic carbocycles. The molecule has 42 heavy (non-hydrogen) atoms. The third-order valence-corrected chi connectivity index (χ3v) is 9.30. The van der Waals surface area contributed by atoms with Crippen molar-refractivity contribution in [2.45, 2.75) is 50.9 Å². The SMILES string of the molecule is O=C(CC1CCCCC1)Nc1cncc(C2C=c3c(-c4cc5c(-c6ccncc6)nccc5[nH]4)n[nH]c3=CC3CC32)c1. The summed E-state index contributed by atoms with van der Waals surface area (Å²) in [6.45, 7) is 0. The quantitative estimate of drug-likeness (QED) is 0.263. The van der Waals surface area contributed by atoms with Crippen LogP contribution in [0.5, 0.6) is 0 Å². The first-order chi connectivity index (χ1) is 20.7. The van der Waals surface area contributed by atoms with E-state index in [1.165, 1.54) is 19.3 Å². The van der Waals surface area contributed by atoms with Crippen LogP contribution in [0.4, 0.5) is 5.69 Å². The number of amides is 1. The van der Waals surface area contributed by atoms with E-state index in [0.29, 0.717) is 24.2 Å². The third kappa shape index (κ3) is 4.70. The largest absolute Gasteiger partial charge is 0.353 e. The van der Waals surface area contributed by atoms with E-state index in [1.54, 1.807) is 18.6 Å². The second-order valence-electron chi connectivity index (χ2n) is 12.1. The van der Waals surface area contributed by atoms with Gasteiger partial charge < -0.3 is 10.3 Å². The van der Waals surface area contributed by atoms with Gasteiger partial charge in [0.05, 0.1) is 28.6 Å².